The molecule has 0 radical (unpaired) electrons. The first-order chi connectivity index (χ1) is 23.3. The average Bonchev–Trinajstić information content (AvgIpc) is 3.03. The van der Waals surface area contributed by atoms with Crippen LogP contribution in [0.2, 0.25) is 0 Å². The van der Waals surface area contributed by atoms with Gasteiger partial charge in [-0.15, -0.1) is 0 Å². The number of carbonyl (C=O) groups excluding carboxylic acids is 1. The summed E-state index contributed by atoms with van der Waals surface area (Å²) in [6.07, 6.45) is 5.13. The number of pyridine rings is 1. The van der Waals surface area contributed by atoms with Crippen LogP contribution < -0.4 is 11.1 Å². The predicted molar refractivity (Wildman–Crippen MR) is 186 cm³/mol. The molecule has 0 aliphatic carbocycles. The van der Waals surface area contributed by atoms with Crippen molar-refractivity contribution >= 4 is 11.9 Å². The molecule has 1 amide bonds. The molecule has 0 bridgehead atoms. The number of nitrogens with two attached hydrogens (primary N) is 1. The van der Waals surface area contributed by atoms with Crippen LogP contribution in [0.15, 0.2) is 65.8 Å². The number of nitrogens with one attached hydrogen (secondary N) is 1. The molecule has 49 heavy (non-hydrogen) atoms. The molecular weight excluding hydrogens is 636 g/mol. The van der Waals surface area contributed by atoms with Crippen molar-refractivity contribution in [2.75, 3.05) is 6.54 Å². The summed E-state index contributed by atoms with van der Waals surface area (Å²) in [7, 11) is 0. The van der Waals surface area contributed by atoms with Gasteiger partial charge in [-0.2, -0.15) is 0 Å². The van der Waals surface area contributed by atoms with E-state index in [1.165, 1.54) is 24.4 Å². The maximum atomic E-state index is 12.0. The van der Waals surface area contributed by atoms with Crippen LogP contribution in [0.5, 0.6) is 0 Å². The molecule has 14 heteroatoms. The van der Waals surface area contributed by atoms with Crippen molar-refractivity contribution in [1.29, 1.82) is 0 Å². The van der Waals surface area contributed by atoms with Crippen molar-refractivity contribution in [3.63, 3.8) is 0 Å². The summed E-state index contributed by atoms with van der Waals surface area (Å²) in [6.45, 7) is 2.08. The van der Waals surface area contributed by atoms with E-state index < -0.39 is 60.8 Å². The summed E-state index contributed by atoms with van der Waals surface area (Å²) in [5.74, 6) is -0.530. The molecule has 1 aromatic rings. The molecule has 0 aliphatic rings. The first-order valence-electron chi connectivity index (χ1n) is 16.9. The Morgan fingerprint density at radius 3 is 1.73 bits per heavy atom. The average molecular weight is 695 g/mol. The van der Waals surface area contributed by atoms with Crippen molar-refractivity contribution in [2.24, 2.45) is 10.7 Å². The summed E-state index contributed by atoms with van der Waals surface area (Å²) in [4.78, 5) is 20.0. The molecule has 0 spiro atoms. The van der Waals surface area contributed by atoms with E-state index in [1.54, 1.807) is 36.4 Å². The number of rotatable bonds is 25. The van der Waals surface area contributed by atoms with Crippen LogP contribution in [0.3, 0.4) is 0 Å². The zero-order valence-corrected chi connectivity index (χ0v) is 28.4. The molecule has 0 aliphatic heterocycles. The van der Waals surface area contributed by atoms with Crippen LogP contribution in [-0.4, -0.2) is 124 Å². The molecular formula is C35H58N4O10. The van der Waals surface area contributed by atoms with Gasteiger partial charge in [0.2, 0.25) is 0 Å². The van der Waals surface area contributed by atoms with Gasteiger partial charge in [-0.3, -0.25) is 20.1 Å². The summed E-state index contributed by atoms with van der Waals surface area (Å²) in [5.41, 5.74) is 5.92. The minimum atomic E-state index is -1.000. The quantitative estimate of drug-likeness (QED) is 0.0287. The van der Waals surface area contributed by atoms with Gasteiger partial charge in [-0.25, -0.2) is 0 Å². The standard InChI is InChI=1S/C35H58N4O10/c1-2-24(40)19-25(41)9-5-13-29(45)22-32(48)23-30(46)14-7-12-27(43)20-26(42)10-6-11-28(44)21-31(47)15-8-18-38-35(36)39-34(49)33-16-3-4-17-37-33/h3-7,9-10,14,16-17,24-32,40-48H,2,8,11-13,15,18-23H2,1H3,(H3,36,38,39,49)/b9-5+,10-6+,14-7+. The summed E-state index contributed by atoms with van der Waals surface area (Å²) in [5, 5.41) is 93.0. The first-order valence-corrected chi connectivity index (χ1v) is 16.9. The third kappa shape index (κ3) is 23.1. The maximum absolute atomic E-state index is 12.0. The third-order valence-corrected chi connectivity index (χ3v) is 7.52. The Bertz CT molecular complexity index is 1140. The van der Waals surface area contributed by atoms with Crippen LogP contribution in [0.1, 0.15) is 88.0 Å². The first kappa shape index (κ1) is 44.0. The number of nitrogens with zero attached hydrogens (tertiary/aromatic N) is 2. The lowest BCUT2D eigenvalue weighted by atomic mass is 10.0. The van der Waals surface area contributed by atoms with Gasteiger partial charge < -0.3 is 51.7 Å². The van der Waals surface area contributed by atoms with E-state index in [1.807, 2.05) is 6.92 Å². The van der Waals surface area contributed by atoms with Crippen LogP contribution in [0.25, 0.3) is 0 Å². The molecule has 14 nitrogen and oxygen atoms in total. The molecule has 9 unspecified atom stereocenters. The van der Waals surface area contributed by atoms with E-state index in [0.29, 0.717) is 19.3 Å². The Balaban J connectivity index is 2.22. The van der Waals surface area contributed by atoms with Crippen LogP contribution in [0, 0.1) is 0 Å². The summed E-state index contributed by atoms with van der Waals surface area (Å²) < 4.78 is 0. The van der Waals surface area contributed by atoms with Gasteiger partial charge >= 0.3 is 0 Å². The number of carbonyl (C=O) groups is 1. The van der Waals surface area contributed by atoms with E-state index in [2.05, 4.69) is 15.3 Å². The Hall–Kier alpha value is -3.05. The number of aliphatic hydroxyl groups excluding tert-OH is 9. The fraction of sp³-hybridized carbons (Fsp3) is 0.629. The molecule has 1 rings (SSSR count). The molecule has 9 atom stereocenters. The lowest BCUT2D eigenvalue weighted by molar-refractivity contribution is 0.0523. The number of hydrogen-bond donors (Lipinski definition) is 11. The summed E-state index contributed by atoms with van der Waals surface area (Å²) >= 11 is 0. The maximum Gasteiger partial charge on any atom is 0.276 e. The molecule has 0 fully saturated rings. The van der Waals surface area contributed by atoms with Crippen molar-refractivity contribution in [3.05, 3.63) is 66.5 Å². The number of hydrogen-bond acceptors (Lipinski definition) is 12. The number of aliphatic hydroxyl groups is 9. The largest absolute Gasteiger partial charge is 0.393 e. The third-order valence-electron chi connectivity index (χ3n) is 7.52. The van der Waals surface area contributed by atoms with Gasteiger partial charge in [0.15, 0.2) is 5.96 Å². The summed E-state index contributed by atoms with van der Waals surface area (Å²) in [6, 6.07) is 4.91. The Labute approximate surface area is 289 Å². The molecule has 1 aromatic heterocycles. The molecule has 278 valence electrons. The highest BCUT2D eigenvalue weighted by Crippen LogP contribution is 2.13. The minimum Gasteiger partial charge on any atom is -0.393 e. The molecule has 12 N–H and O–H groups in total. The van der Waals surface area contributed by atoms with Gasteiger partial charge in [0, 0.05) is 32.0 Å². The smallest absolute Gasteiger partial charge is 0.276 e. The minimum absolute atomic E-state index is 0.0173. The van der Waals surface area contributed by atoms with Gasteiger partial charge in [0.05, 0.1) is 54.9 Å². The molecule has 0 aromatic carbocycles. The SMILES string of the molecule is CCC(O)CC(O)/C=C/CC(O)CC(O)CC(O)/C=C/CC(O)CC(O)/C=C/CC(O)CC(O)CCCN=C(N)NC(=O)c1ccccn1. The van der Waals surface area contributed by atoms with E-state index in [-0.39, 0.29) is 69.6 Å². The monoisotopic (exact) mass is 694 g/mol. The van der Waals surface area contributed by atoms with E-state index in [9.17, 15) is 50.8 Å². The second-order valence-corrected chi connectivity index (χ2v) is 12.3. The van der Waals surface area contributed by atoms with Gasteiger partial charge in [0.25, 0.3) is 5.91 Å². The lowest BCUT2D eigenvalue weighted by Crippen LogP contribution is -2.37. The zero-order chi connectivity index (χ0) is 36.6. The second-order valence-electron chi connectivity index (χ2n) is 12.3. The Morgan fingerprint density at radius 2 is 1.22 bits per heavy atom. The van der Waals surface area contributed by atoms with Crippen LogP contribution >= 0.6 is 0 Å². The van der Waals surface area contributed by atoms with Crippen molar-refractivity contribution in [2.45, 2.75) is 132 Å². The number of aromatic nitrogens is 1. The zero-order valence-electron chi connectivity index (χ0n) is 28.4. The number of guanidine groups is 1. The Morgan fingerprint density at radius 1 is 0.735 bits per heavy atom. The van der Waals surface area contributed by atoms with Crippen molar-refractivity contribution in [3.8, 4) is 0 Å². The second kappa shape index (κ2) is 25.9. The molecule has 1 heterocycles. The molecule has 0 saturated carbocycles. The van der Waals surface area contributed by atoms with E-state index >= 15 is 0 Å². The Kier molecular flexibility index (Phi) is 23.2. The lowest BCUT2D eigenvalue weighted by Gasteiger charge is -2.17. The van der Waals surface area contributed by atoms with Crippen molar-refractivity contribution in [1.82, 2.24) is 10.3 Å². The van der Waals surface area contributed by atoms with Crippen LogP contribution in [0.4, 0.5) is 0 Å². The van der Waals surface area contributed by atoms with E-state index in [4.69, 9.17) is 5.73 Å². The number of aliphatic imine (C=N–C) groups is 1. The van der Waals surface area contributed by atoms with Gasteiger partial charge in [-0.05, 0) is 63.5 Å². The van der Waals surface area contributed by atoms with E-state index in [0.717, 1.165) is 0 Å². The number of amides is 1. The highest BCUT2D eigenvalue weighted by atomic mass is 16.3. The van der Waals surface area contributed by atoms with Gasteiger partial charge in [0.1, 0.15) is 5.69 Å². The van der Waals surface area contributed by atoms with Crippen LogP contribution in [-0.2, 0) is 0 Å². The fourth-order valence-corrected chi connectivity index (χ4v) is 4.79. The highest BCUT2D eigenvalue weighted by Gasteiger charge is 2.16. The topological polar surface area (TPSA) is 262 Å². The van der Waals surface area contributed by atoms with Gasteiger partial charge in [-0.1, -0.05) is 49.4 Å². The molecule has 0 saturated heterocycles. The predicted octanol–water partition coefficient (Wildman–Crippen LogP) is 0.354. The fourth-order valence-electron chi connectivity index (χ4n) is 4.79. The van der Waals surface area contributed by atoms with Crippen molar-refractivity contribution < 1.29 is 50.8 Å². The normalized spacial score (nSPS) is 18.3. The highest BCUT2D eigenvalue weighted by molar-refractivity contribution is 6.04.